The Kier molecular flexibility index (Phi) is 4.01. The molecule has 0 radical (unpaired) electrons. The van der Waals surface area contributed by atoms with Crippen LogP contribution in [0.1, 0.15) is 19.7 Å². The molecule has 0 aliphatic carbocycles. The lowest BCUT2D eigenvalue weighted by Gasteiger charge is -2.10. The molecule has 0 saturated carbocycles. The molecule has 0 amide bonds. The lowest BCUT2D eigenvalue weighted by Crippen LogP contribution is -2.11. The van der Waals surface area contributed by atoms with Crippen LogP contribution < -0.4 is 0 Å². The smallest absolute Gasteiger partial charge is 0.274 e. The lowest BCUT2D eigenvalue weighted by atomic mass is 10.2. The van der Waals surface area contributed by atoms with Crippen LogP contribution in [0.4, 0.5) is 13.2 Å². The van der Waals surface area contributed by atoms with Crippen molar-refractivity contribution in [2.75, 3.05) is 0 Å². The van der Waals surface area contributed by atoms with Gasteiger partial charge in [-0.05, 0) is 0 Å². The van der Waals surface area contributed by atoms with Gasteiger partial charge in [-0.3, -0.25) is 4.40 Å². The van der Waals surface area contributed by atoms with Gasteiger partial charge in [0.05, 0.1) is 5.69 Å². The quantitative estimate of drug-likeness (QED) is 0.668. The van der Waals surface area contributed by atoms with Crippen molar-refractivity contribution in [1.29, 1.82) is 0 Å². The number of aromatic nitrogens is 4. The van der Waals surface area contributed by atoms with E-state index in [-0.39, 0.29) is 10.9 Å². The van der Waals surface area contributed by atoms with E-state index in [1.165, 1.54) is 18.0 Å². The summed E-state index contributed by atoms with van der Waals surface area (Å²) in [6, 6.07) is 9.07. The molecule has 0 N–H and O–H groups in total. The van der Waals surface area contributed by atoms with Crippen molar-refractivity contribution < 1.29 is 13.2 Å². The molecule has 4 nitrogen and oxygen atoms in total. The molecule has 120 valence electrons. The summed E-state index contributed by atoms with van der Waals surface area (Å²) in [7, 11) is 0. The fourth-order valence-electron chi connectivity index (χ4n) is 2.11. The van der Waals surface area contributed by atoms with E-state index >= 15 is 0 Å². The lowest BCUT2D eigenvalue weighted by molar-refractivity contribution is -0.145. The Bertz CT molecular complexity index is 828. The van der Waals surface area contributed by atoms with Crippen LogP contribution in [-0.2, 0) is 6.18 Å². The topological polar surface area (TPSA) is 43.1 Å². The number of hydrogen-bond donors (Lipinski definition) is 0. The van der Waals surface area contributed by atoms with Crippen molar-refractivity contribution in [3.8, 4) is 11.3 Å². The van der Waals surface area contributed by atoms with E-state index in [0.717, 1.165) is 9.96 Å². The Morgan fingerprint density at radius 3 is 2.39 bits per heavy atom. The molecule has 8 heteroatoms. The van der Waals surface area contributed by atoms with Crippen LogP contribution in [0.25, 0.3) is 16.9 Å². The van der Waals surface area contributed by atoms with Gasteiger partial charge < -0.3 is 0 Å². The van der Waals surface area contributed by atoms with Crippen LogP contribution >= 0.6 is 11.8 Å². The minimum Gasteiger partial charge on any atom is -0.274 e. The zero-order valence-corrected chi connectivity index (χ0v) is 13.2. The summed E-state index contributed by atoms with van der Waals surface area (Å²) in [5.41, 5.74) is 1.31. The maximum Gasteiger partial charge on any atom is 0.452 e. The third-order valence-corrected chi connectivity index (χ3v) is 4.00. The van der Waals surface area contributed by atoms with Gasteiger partial charge in [0.25, 0.3) is 0 Å². The van der Waals surface area contributed by atoms with Crippen LogP contribution in [0.2, 0.25) is 0 Å². The van der Waals surface area contributed by atoms with E-state index in [2.05, 4.69) is 15.2 Å². The molecule has 0 aliphatic heterocycles. The summed E-state index contributed by atoms with van der Waals surface area (Å²) >= 11 is 1.36. The molecule has 2 aromatic heterocycles. The molecule has 1 aromatic carbocycles. The van der Waals surface area contributed by atoms with Crippen LogP contribution in [0.5, 0.6) is 0 Å². The Labute approximate surface area is 134 Å². The van der Waals surface area contributed by atoms with E-state index < -0.39 is 12.0 Å². The highest BCUT2D eigenvalue weighted by Crippen LogP contribution is 2.33. The zero-order chi connectivity index (χ0) is 16.6. The number of rotatable bonds is 3. The van der Waals surface area contributed by atoms with Crippen molar-refractivity contribution in [1.82, 2.24) is 19.6 Å². The fraction of sp³-hybridized carbons (Fsp3) is 0.267. The molecule has 0 saturated heterocycles. The molecule has 2 heterocycles. The molecular formula is C15H13F3N4S. The summed E-state index contributed by atoms with van der Waals surface area (Å²) in [4.78, 5) is 4.48. The molecule has 3 rings (SSSR count). The first-order valence-corrected chi connectivity index (χ1v) is 7.79. The predicted octanol–water partition coefficient (Wildman–Crippen LogP) is 4.31. The molecule has 0 spiro atoms. The second-order valence-corrected chi connectivity index (χ2v) is 6.74. The second kappa shape index (κ2) is 5.84. The van der Waals surface area contributed by atoms with Gasteiger partial charge in [-0.25, -0.2) is 4.98 Å². The highest BCUT2D eigenvalue weighted by atomic mass is 32.2. The fourth-order valence-corrected chi connectivity index (χ4v) is 2.96. The van der Waals surface area contributed by atoms with Gasteiger partial charge >= 0.3 is 6.18 Å². The highest BCUT2D eigenvalue weighted by molar-refractivity contribution is 8.00. The SMILES string of the molecule is CC(C)Sc1nc(-c2ccccc2)cn2c(C(F)(F)F)nnc12. The average molecular weight is 338 g/mol. The van der Waals surface area contributed by atoms with Gasteiger partial charge in [0.2, 0.25) is 5.82 Å². The Hall–Kier alpha value is -2.09. The first kappa shape index (κ1) is 15.8. The van der Waals surface area contributed by atoms with Crippen LogP contribution in [-0.4, -0.2) is 24.8 Å². The number of alkyl halides is 3. The first-order valence-electron chi connectivity index (χ1n) is 6.91. The molecular weight excluding hydrogens is 325 g/mol. The van der Waals surface area contributed by atoms with Crippen molar-refractivity contribution in [3.05, 3.63) is 42.4 Å². The van der Waals surface area contributed by atoms with Crippen LogP contribution in [0, 0.1) is 0 Å². The summed E-state index contributed by atoms with van der Waals surface area (Å²) in [5.74, 6) is -1.04. The maximum absolute atomic E-state index is 13.1. The van der Waals surface area contributed by atoms with E-state index in [4.69, 9.17) is 0 Å². The maximum atomic E-state index is 13.1. The van der Waals surface area contributed by atoms with Gasteiger partial charge in [-0.2, -0.15) is 13.2 Å². The Morgan fingerprint density at radius 2 is 1.78 bits per heavy atom. The van der Waals surface area contributed by atoms with Gasteiger partial charge in [-0.15, -0.1) is 10.2 Å². The van der Waals surface area contributed by atoms with E-state index in [0.29, 0.717) is 10.7 Å². The molecule has 0 aliphatic rings. The van der Waals surface area contributed by atoms with Crippen molar-refractivity contribution in [2.45, 2.75) is 30.3 Å². The predicted molar refractivity (Wildman–Crippen MR) is 82.2 cm³/mol. The Morgan fingerprint density at radius 1 is 1.09 bits per heavy atom. The number of nitrogens with zero attached hydrogens (tertiary/aromatic N) is 4. The minimum absolute atomic E-state index is 0.121. The third kappa shape index (κ3) is 3.17. The van der Waals surface area contributed by atoms with E-state index in [1.807, 2.05) is 32.0 Å². The summed E-state index contributed by atoms with van der Waals surface area (Å²) in [5, 5.41) is 7.58. The van der Waals surface area contributed by atoms with Crippen LogP contribution in [0.15, 0.2) is 41.6 Å². The standard InChI is InChI=1S/C15H13F3N4S/c1-9(2)23-13-12-20-21-14(15(16,17)18)22(12)8-11(19-13)10-6-4-3-5-7-10/h3-9H,1-2H3. The van der Waals surface area contributed by atoms with Crippen LogP contribution in [0.3, 0.4) is 0 Å². The van der Waals surface area contributed by atoms with Gasteiger partial charge in [0.15, 0.2) is 5.65 Å². The van der Waals surface area contributed by atoms with Gasteiger partial charge in [0, 0.05) is 17.0 Å². The molecule has 0 atom stereocenters. The number of thioether (sulfide) groups is 1. The highest BCUT2D eigenvalue weighted by Gasteiger charge is 2.37. The zero-order valence-electron chi connectivity index (χ0n) is 12.4. The molecule has 0 unspecified atom stereocenters. The number of hydrogen-bond acceptors (Lipinski definition) is 4. The second-order valence-electron chi connectivity index (χ2n) is 5.18. The van der Waals surface area contributed by atoms with Crippen molar-refractivity contribution in [2.24, 2.45) is 0 Å². The first-order chi connectivity index (χ1) is 10.9. The van der Waals surface area contributed by atoms with Crippen molar-refractivity contribution >= 4 is 17.4 Å². The molecule has 3 aromatic rings. The normalized spacial score (nSPS) is 12.3. The monoisotopic (exact) mass is 338 g/mol. The van der Waals surface area contributed by atoms with E-state index in [9.17, 15) is 13.2 Å². The van der Waals surface area contributed by atoms with Gasteiger partial charge in [-0.1, -0.05) is 55.9 Å². The molecule has 23 heavy (non-hydrogen) atoms. The third-order valence-electron chi connectivity index (χ3n) is 3.03. The van der Waals surface area contributed by atoms with Crippen molar-refractivity contribution in [3.63, 3.8) is 0 Å². The summed E-state index contributed by atoms with van der Waals surface area (Å²) in [6.45, 7) is 3.89. The average Bonchev–Trinajstić information content (AvgIpc) is 2.92. The van der Waals surface area contributed by atoms with Gasteiger partial charge in [0.1, 0.15) is 5.03 Å². The Balaban J connectivity index is 2.26. The summed E-state index contributed by atoms with van der Waals surface area (Å²) < 4.78 is 40.4. The molecule has 0 bridgehead atoms. The number of fused-ring (bicyclic) bond motifs is 1. The summed E-state index contributed by atoms with van der Waals surface area (Å²) in [6.07, 6.45) is -3.24. The number of benzene rings is 1. The number of halogens is 3. The van der Waals surface area contributed by atoms with E-state index in [1.54, 1.807) is 12.1 Å². The minimum atomic E-state index is -4.57. The largest absolute Gasteiger partial charge is 0.452 e. The molecule has 0 fully saturated rings.